The lowest BCUT2D eigenvalue weighted by molar-refractivity contribution is -0.145. The van der Waals surface area contributed by atoms with Crippen LogP contribution in [0.15, 0.2) is 42.7 Å². The Balaban J connectivity index is 1.88. The lowest BCUT2D eigenvalue weighted by atomic mass is 10.0. The van der Waals surface area contributed by atoms with Gasteiger partial charge in [0.05, 0.1) is 12.3 Å². The summed E-state index contributed by atoms with van der Waals surface area (Å²) in [5.74, 6) is -0.209. The van der Waals surface area contributed by atoms with Gasteiger partial charge in [-0.15, -0.1) is 0 Å². The molecule has 1 aromatic heterocycles. The molecule has 4 nitrogen and oxygen atoms in total. The van der Waals surface area contributed by atoms with Crippen molar-refractivity contribution >= 4 is 22.3 Å². The Kier molecular flexibility index (Phi) is 3.37. The van der Waals surface area contributed by atoms with Gasteiger partial charge in [-0.25, -0.2) is 4.79 Å². The summed E-state index contributed by atoms with van der Waals surface area (Å²) in [4.78, 5) is 16.2. The molecule has 3 rings (SSSR count). The third-order valence-corrected chi connectivity index (χ3v) is 3.43. The number of carbonyl (C=O) groups is 1. The Morgan fingerprint density at radius 1 is 1.40 bits per heavy atom. The standard InChI is InChI=1S/C16H16N2O2/c1-2-20-16(19)14-9-12(10-18-14)15-13-6-4-3-5-11(13)7-8-17-15/h3-8,10,14,18H,2,9H2,1H3. The second-order valence-corrected chi connectivity index (χ2v) is 4.73. The molecule has 0 fully saturated rings. The highest BCUT2D eigenvalue weighted by molar-refractivity contribution is 5.93. The molecule has 1 aliphatic rings. The number of nitrogens with zero attached hydrogens (tertiary/aromatic N) is 1. The molecule has 4 heteroatoms. The summed E-state index contributed by atoms with van der Waals surface area (Å²) in [5.41, 5.74) is 1.97. The van der Waals surface area contributed by atoms with E-state index in [2.05, 4.69) is 22.4 Å². The van der Waals surface area contributed by atoms with Crippen molar-refractivity contribution < 1.29 is 9.53 Å². The van der Waals surface area contributed by atoms with Crippen LogP contribution in [-0.2, 0) is 9.53 Å². The van der Waals surface area contributed by atoms with Crippen LogP contribution in [0.2, 0.25) is 0 Å². The zero-order valence-corrected chi connectivity index (χ0v) is 11.3. The Hall–Kier alpha value is -2.36. The quantitative estimate of drug-likeness (QED) is 0.869. The van der Waals surface area contributed by atoms with Gasteiger partial charge in [0.2, 0.25) is 0 Å². The van der Waals surface area contributed by atoms with Crippen molar-refractivity contribution in [3.8, 4) is 0 Å². The van der Waals surface area contributed by atoms with Gasteiger partial charge in [0.1, 0.15) is 6.04 Å². The van der Waals surface area contributed by atoms with E-state index in [1.807, 2.05) is 31.3 Å². The predicted octanol–water partition coefficient (Wildman–Crippen LogP) is 2.50. The number of benzene rings is 1. The highest BCUT2D eigenvalue weighted by Crippen LogP contribution is 2.28. The molecule has 0 radical (unpaired) electrons. The number of nitrogens with one attached hydrogen (secondary N) is 1. The number of hydrogen-bond donors (Lipinski definition) is 1. The largest absolute Gasteiger partial charge is 0.464 e. The zero-order chi connectivity index (χ0) is 13.9. The third-order valence-electron chi connectivity index (χ3n) is 3.43. The molecule has 0 saturated heterocycles. The van der Waals surface area contributed by atoms with E-state index in [4.69, 9.17) is 4.74 Å². The van der Waals surface area contributed by atoms with Crippen molar-refractivity contribution in [2.75, 3.05) is 6.61 Å². The van der Waals surface area contributed by atoms with Crippen LogP contribution >= 0.6 is 0 Å². The second-order valence-electron chi connectivity index (χ2n) is 4.73. The summed E-state index contributed by atoms with van der Waals surface area (Å²) in [7, 11) is 0. The number of hydrogen-bond acceptors (Lipinski definition) is 4. The van der Waals surface area contributed by atoms with E-state index in [0.717, 1.165) is 22.0 Å². The number of carbonyl (C=O) groups excluding carboxylic acids is 1. The molecular weight excluding hydrogens is 252 g/mol. The molecule has 1 atom stereocenters. The van der Waals surface area contributed by atoms with E-state index in [1.54, 1.807) is 6.20 Å². The highest BCUT2D eigenvalue weighted by atomic mass is 16.5. The molecule has 1 unspecified atom stereocenters. The van der Waals surface area contributed by atoms with E-state index in [1.165, 1.54) is 0 Å². The van der Waals surface area contributed by atoms with Crippen LogP contribution in [0.4, 0.5) is 0 Å². The Morgan fingerprint density at radius 2 is 2.25 bits per heavy atom. The minimum absolute atomic E-state index is 0.209. The van der Waals surface area contributed by atoms with Gasteiger partial charge in [0.15, 0.2) is 0 Å². The SMILES string of the molecule is CCOC(=O)C1CC(c2nccc3ccccc23)=CN1. The molecular formula is C16H16N2O2. The summed E-state index contributed by atoms with van der Waals surface area (Å²) in [5, 5.41) is 5.33. The lowest BCUT2D eigenvalue weighted by Crippen LogP contribution is -2.31. The van der Waals surface area contributed by atoms with Crippen LogP contribution in [0, 0.1) is 0 Å². The number of esters is 1. The van der Waals surface area contributed by atoms with Crippen molar-refractivity contribution in [2.45, 2.75) is 19.4 Å². The smallest absolute Gasteiger partial charge is 0.328 e. The van der Waals surface area contributed by atoms with Crippen LogP contribution < -0.4 is 5.32 Å². The molecule has 0 amide bonds. The van der Waals surface area contributed by atoms with Crippen LogP contribution in [-0.4, -0.2) is 23.6 Å². The molecule has 0 aliphatic carbocycles. The molecule has 1 aromatic carbocycles. The topological polar surface area (TPSA) is 51.2 Å². The van der Waals surface area contributed by atoms with Gasteiger partial charge in [-0.2, -0.15) is 0 Å². The predicted molar refractivity (Wildman–Crippen MR) is 77.9 cm³/mol. The van der Waals surface area contributed by atoms with Gasteiger partial charge in [-0.1, -0.05) is 24.3 Å². The maximum Gasteiger partial charge on any atom is 0.328 e. The molecule has 0 spiro atoms. The van der Waals surface area contributed by atoms with Crippen molar-refractivity contribution in [1.82, 2.24) is 10.3 Å². The van der Waals surface area contributed by atoms with E-state index in [9.17, 15) is 4.79 Å². The Bertz CT molecular complexity index is 674. The van der Waals surface area contributed by atoms with Gasteiger partial charge in [0.25, 0.3) is 0 Å². The minimum atomic E-state index is -0.300. The average Bonchev–Trinajstić information content (AvgIpc) is 2.97. The third kappa shape index (κ3) is 2.25. The van der Waals surface area contributed by atoms with Crippen LogP contribution in [0.3, 0.4) is 0 Å². The van der Waals surface area contributed by atoms with E-state index >= 15 is 0 Å². The maximum atomic E-state index is 11.7. The molecule has 20 heavy (non-hydrogen) atoms. The average molecular weight is 268 g/mol. The number of rotatable bonds is 3. The molecule has 0 saturated carbocycles. The number of pyridine rings is 1. The van der Waals surface area contributed by atoms with Crippen LogP contribution in [0.1, 0.15) is 19.0 Å². The molecule has 2 heterocycles. The maximum absolute atomic E-state index is 11.7. The minimum Gasteiger partial charge on any atom is -0.464 e. The summed E-state index contributed by atoms with van der Waals surface area (Å²) < 4.78 is 5.04. The first kappa shape index (κ1) is 12.7. The van der Waals surface area contributed by atoms with Crippen LogP contribution in [0.25, 0.3) is 16.3 Å². The second kappa shape index (κ2) is 5.33. The summed E-state index contributed by atoms with van der Waals surface area (Å²) in [6.07, 6.45) is 4.28. The summed E-state index contributed by atoms with van der Waals surface area (Å²) in [6.45, 7) is 2.21. The first-order valence-corrected chi connectivity index (χ1v) is 6.75. The van der Waals surface area contributed by atoms with Crippen LogP contribution in [0.5, 0.6) is 0 Å². The van der Waals surface area contributed by atoms with Crippen molar-refractivity contribution in [2.24, 2.45) is 0 Å². The summed E-state index contributed by atoms with van der Waals surface area (Å²) >= 11 is 0. The van der Waals surface area contributed by atoms with Gasteiger partial charge in [-0.05, 0) is 23.9 Å². The molecule has 1 aliphatic heterocycles. The number of fused-ring (bicyclic) bond motifs is 1. The zero-order valence-electron chi connectivity index (χ0n) is 11.3. The molecule has 1 N–H and O–H groups in total. The van der Waals surface area contributed by atoms with Crippen molar-refractivity contribution in [3.05, 3.63) is 48.4 Å². The fourth-order valence-corrected chi connectivity index (χ4v) is 2.47. The van der Waals surface area contributed by atoms with E-state index in [-0.39, 0.29) is 12.0 Å². The lowest BCUT2D eigenvalue weighted by Gasteiger charge is -2.10. The first-order chi connectivity index (χ1) is 9.79. The Morgan fingerprint density at radius 3 is 3.10 bits per heavy atom. The first-order valence-electron chi connectivity index (χ1n) is 6.75. The fourth-order valence-electron chi connectivity index (χ4n) is 2.47. The van der Waals surface area contributed by atoms with Gasteiger partial charge in [-0.3, -0.25) is 4.98 Å². The number of aromatic nitrogens is 1. The van der Waals surface area contributed by atoms with Gasteiger partial charge < -0.3 is 10.1 Å². The van der Waals surface area contributed by atoms with E-state index in [0.29, 0.717) is 13.0 Å². The Labute approximate surface area is 117 Å². The van der Waals surface area contributed by atoms with E-state index < -0.39 is 0 Å². The van der Waals surface area contributed by atoms with Gasteiger partial charge >= 0.3 is 5.97 Å². The molecule has 2 aromatic rings. The monoisotopic (exact) mass is 268 g/mol. The van der Waals surface area contributed by atoms with Crippen molar-refractivity contribution in [3.63, 3.8) is 0 Å². The molecule has 0 bridgehead atoms. The number of ether oxygens (including phenoxy) is 1. The summed E-state index contributed by atoms with van der Waals surface area (Å²) in [6, 6.07) is 9.81. The van der Waals surface area contributed by atoms with Crippen molar-refractivity contribution in [1.29, 1.82) is 0 Å². The normalized spacial score (nSPS) is 17.6. The molecule has 102 valence electrons. The highest BCUT2D eigenvalue weighted by Gasteiger charge is 2.26. The van der Waals surface area contributed by atoms with Gasteiger partial charge in [0, 0.05) is 24.2 Å². The fraction of sp³-hybridized carbons (Fsp3) is 0.250.